The third kappa shape index (κ3) is 1.69. The van der Waals surface area contributed by atoms with Gasteiger partial charge < -0.3 is 15.3 Å². The standard InChI is InChI=1S/C16H15NO6/c18-12-7-5-8(13(12)19)11-10(7)14(20)17(15(11)21)9-4-2-1-3-6(9)16(22)23/h1-4,7-8,10-13,18-19H,5H2,(H,22,23)/t7-,8+,10-,11+,12-,13+. The summed E-state index contributed by atoms with van der Waals surface area (Å²) < 4.78 is 0. The lowest BCUT2D eigenvalue weighted by atomic mass is 9.78. The number of nitrogens with zero attached hydrogens (tertiary/aromatic N) is 1. The molecule has 2 bridgehead atoms. The number of carbonyl (C=O) groups excluding carboxylic acids is 2. The van der Waals surface area contributed by atoms with Gasteiger partial charge in [-0.3, -0.25) is 9.59 Å². The van der Waals surface area contributed by atoms with E-state index in [-0.39, 0.29) is 11.3 Å². The SMILES string of the molecule is O=C(O)c1ccccc1N1C(=O)[C@@H]2[C@H]3C[C@H]([C@H](O)[C@@H]3O)[C@@H]2C1=O. The van der Waals surface area contributed by atoms with E-state index >= 15 is 0 Å². The molecule has 4 rings (SSSR count). The predicted octanol–water partition coefficient (Wildman–Crippen LogP) is -0.138. The number of carboxylic acid groups (broad SMARTS) is 1. The zero-order chi connectivity index (χ0) is 16.5. The maximum Gasteiger partial charge on any atom is 0.337 e. The van der Waals surface area contributed by atoms with E-state index in [1.54, 1.807) is 6.07 Å². The smallest absolute Gasteiger partial charge is 0.337 e. The Labute approximate surface area is 131 Å². The first-order chi connectivity index (χ1) is 10.9. The van der Waals surface area contributed by atoms with Crippen LogP contribution in [0.1, 0.15) is 16.8 Å². The van der Waals surface area contributed by atoms with Gasteiger partial charge >= 0.3 is 5.97 Å². The zero-order valence-corrected chi connectivity index (χ0v) is 12.0. The van der Waals surface area contributed by atoms with Crippen molar-refractivity contribution in [3.8, 4) is 0 Å². The fourth-order valence-corrected chi connectivity index (χ4v) is 4.52. The molecule has 3 aliphatic rings. The molecule has 2 aliphatic carbocycles. The van der Waals surface area contributed by atoms with Gasteiger partial charge in [-0.25, -0.2) is 9.69 Å². The molecule has 1 aliphatic heterocycles. The van der Waals surface area contributed by atoms with E-state index in [1.807, 2.05) is 0 Å². The lowest BCUT2D eigenvalue weighted by Gasteiger charge is -2.29. The number of benzene rings is 1. The summed E-state index contributed by atoms with van der Waals surface area (Å²) in [6.07, 6.45) is -1.57. The predicted molar refractivity (Wildman–Crippen MR) is 76.5 cm³/mol. The van der Waals surface area contributed by atoms with E-state index in [0.29, 0.717) is 6.42 Å². The number of aliphatic hydroxyl groups is 2. The van der Waals surface area contributed by atoms with Crippen molar-refractivity contribution in [2.45, 2.75) is 18.6 Å². The van der Waals surface area contributed by atoms with Crippen molar-refractivity contribution in [2.75, 3.05) is 4.90 Å². The van der Waals surface area contributed by atoms with Crippen molar-refractivity contribution in [1.29, 1.82) is 0 Å². The van der Waals surface area contributed by atoms with Gasteiger partial charge in [-0.2, -0.15) is 0 Å². The number of imide groups is 1. The van der Waals surface area contributed by atoms with Crippen LogP contribution in [0.15, 0.2) is 24.3 Å². The first-order valence-corrected chi connectivity index (χ1v) is 7.49. The molecular weight excluding hydrogens is 302 g/mol. The number of carbonyl (C=O) groups is 3. The molecule has 6 atom stereocenters. The Morgan fingerprint density at radius 3 is 2.04 bits per heavy atom. The third-order valence-electron chi connectivity index (χ3n) is 5.47. The molecule has 23 heavy (non-hydrogen) atoms. The highest BCUT2D eigenvalue weighted by Crippen LogP contribution is 2.56. The Morgan fingerprint density at radius 2 is 1.52 bits per heavy atom. The number of rotatable bonds is 2. The van der Waals surface area contributed by atoms with E-state index in [9.17, 15) is 29.7 Å². The lowest BCUT2D eigenvalue weighted by Crippen LogP contribution is -2.43. The number of carboxylic acids is 1. The molecule has 2 saturated carbocycles. The zero-order valence-electron chi connectivity index (χ0n) is 12.0. The number of amides is 2. The maximum atomic E-state index is 12.7. The first kappa shape index (κ1) is 14.3. The molecule has 0 radical (unpaired) electrons. The second kappa shape index (κ2) is 4.62. The highest BCUT2D eigenvalue weighted by atomic mass is 16.4. The molecule has 1 aromatic carbocycles. The Morgan fingerprint density at radius 1 is 1.00 bits per heavy atom. The molecule has 3 N–H and O–H groups in total. The number of aliphatic hydroxyl groups excluding tert-OH is 2. The minimum Gasteiger partial charge on any atom is -0.478 e. The quantitative estimate of drug-likeness (QED) is 0.654. The van der Waals surface area contributed by atoms with Crippen molar-refractivity contribution in [2.24, 2.45) is 23.7 Å². The number of fused-ring (bicyclic) bond motifs is 5. The van der Waals surface area contributed by atoms with E-state index < -0.39 is 53.7 Å². The Bertz CT molecular complexity index is 699. The van der Waals surface area contributed by atoms with Crippen LogP contribution < -0.4 is 4.90 Å². The van der Waals surface area contributed by atoms with E-state index in [1.165, 1.54) is 18.2 Å². The number of hydrogen-bond acceptors (Lipinski definition) is 5. The van der Waals surface area contributed by atoms with Gasteiger partial charge in [0.05, 0.1) is 35.3 Å². The summed E-state index contributed by atoms with van der Waals surface area (Å²) in [4.78, 5) is 37.7. The minimum absolute atomic E-state index is 0.0489. The highest BCUT2D eigenvalue weighted by Gasteiger charge is 2.67. The van der Waals surface area contributed by atoms with Crippen LogP contribution in [0.25, 0.3) is 0 Å². The van der Waals surface area contributed by atoms with Crippen LogP contribution in [-0.4, -0.2) is 45.3 Å². The van der Waals surface area contributed by atoms with Crippen LogP contribution in [-0.2, 0) is 9.59 Å². The van der Waals surface area contributed by atoms with Crippen LogP contribution in [0.2, 0.25) is 0 Å². The number of para-hydroxylation sites is 1. The molecule has 1 heterocycles. The van der Waals surface area contributed by atoms with Crippen molar-refractivity contribution >= 4 is 23.5 Å². The molecule has 0 aromatic heterocycles. The average molecular weight is 317 g/mol. The van der Waals surface area contributed by atoms with Gasteiger partial charge in [-0.1, -0.05) is 12.1 Å². The van der Waals surface area contributed by atoms with E-state index in [4.69, 9.17) is 0 Å². The van der Waals surface area contributed by atoms with Crippen LogP contribution >= 0.6 is 0 Å². The Balaban J connectivity index is 1.78. The van der Waals surface area contributed by atoms with Crippen LogP contribution in [0.3, 0.4) is 0 Å². The van der Waals surface area contributed by atoms with Crippen molar-refractivity contribution in [3.63, 3.8) is 0 Å². The van der Waals surface area contributed by atoms with E-state index in [2.05, 4.69) is 0 Å². The van der Waals surface area contributed by atoms with Crippen LogP contribution in [0, 0.1) is 23.7 Å². The number of hydrogen-bond donors (Lipinski definition) is 3. The largest absolute Gasteiger partial charge is 0.478 e. The third-order valence-corrected chi connectivity index (χ3v) is 5.47. The summed E-state index contributed by atoms with van der Waals surface area (Å²) >= 11 is 0. The molecule has 1 aromatic rings. The van der Waals surface area contributed by atoms with Gasteiger partial charge in [-0.15, -0.1) is 0 Å². The molecule has 3 fully saturated rings. The van der Waals surface area contributed by atoms with Gasteiger partial charge in [-0.05, 0) is 18.6 Å². The molecular formula is C16H15NO6. The van der Waals surface area contributed by atoms with Gasteiger partial charge in [0.2, 0.25) is 11.8 Å². The van der Waals surface area contributed by atoms with Crippen LogP contribution in [0.5, 0.6) is 0 Å². The van der Waals surface area contributed by atoms with E-state index in [0.717, 1.165) is 4.90 Å². The molecule has 1 saturated heterocycles. The second-order valence-electron chi connectivity index (χ2n) is 6.43. The average Bonchev–Trinajstić information content (AvgIpc) is 3.12. The second-order valence-corrected chi connectivity index (χ2v) is 6.43. The topological polar surface area (TPSA) is 115 Å². The molecule has 7 nitrogen and oxygen atoms in total. The fourth-order valence-electron chi connectivity index (χ4n) is 4.52. The van der Waals surface area contributed by atoms with Crippen molar-refractivity contribution < 1.29 is 29.7 Å². The summed E-state index contributed by atoms with van der Waals surface area (Å²) in [6, 6.07) is 5.85. The Kier molecular flexibility index (Phi) is 2.88. The van der Waals surface area contributed by atoms with Gasteiger partial charge in [0.1, 0.15) is 0 Å². The van der Waals surface area contributed by atoms with Crippen LogP contribution in [0.4, 0.5) is 5.69 Å². The normalized spacial score (nSPS) is 38.3. The minimum atomic E-state index is -1.22. The van der Waals surface area contributed by atoms with Crippen molar-refractivity contribution in [1.82, 2.24) is 0 Å². The summed E-state index contributed by atoms with van der Waals surface area (Å²) in [5.41, 5.74) is -0.0737. The molecule has 0 unspecified atom stereocenters. The monoisotopic (exact) mass is 317 g/mol. The van der Waals surface area contributed by atoms with Crippen molar-refractivity contribution in [3.05, 3.63) is 29.8 Å². The molecule has 0 spiro atoms. The summed E-state index contributed by atoms with van der Waals surface area (Å²) in [7, 11) is 0. The summed E-state index contributed by atoms with van der Waals surface area (Å²) in [6.45, 7) is 0. The highest BCUT2D eigenvalue weighted by molar-refractivity contribution is 6.24. The first-order valence-electron chi connectivity index (χ1n) is 7.49. The number of aromatic carboxylic acids is 1. The molecule has 120 valence electrons. The number of anilines is 1. The fraction of sp³-hybridized carbons (Fsp3) is 0.438. The Hall–Kier alpha value is -2.25. The molecule has 7 heteroatoms. The lowest BCUT2D eigenvalue weighted by molar-refractivity contribution is -0.129. The summed E-state index contributed by atoms with van der Waals surface area (Å²) in [5.74, 6) is -4.42. The van der Waals surface area contributed by atoms with Gasteiger partial charge in [0.25, 0.3) is 0 Å². The summed E-state index contributed by atoms with van der Waals surface area (Å²) in [5, 5.41) is 29.3. The maximum absolute atomic E-state index is 12.7. The molecule has 2 amide bonds. The van der Waals surface area contributed by atoms with Gasteiger partial charge in [0, 0.05) is 11.8 Å². The van der Waals surface area contributed by atoms with Gasteiger partial charge in [0.15, 0.2) is 0 Å².